The lowest BCUT2D eigenvalue weighted by atomic mass is 10.1. The van der Waals surface area contributed by atoms with Gasteiger partial charge in [0.15, 0.2) is 0 Å². The number of hydrogen-bond donors (Lipinski definition) is 1. The third kappa shape index (κ3) is 3.68. The second-order valence-corrected chi connectivity index (χ2v) is 6.37. The predicted molar refractivity (Wildman–Crippen MR) is 94.9 cm³/mol. The average molecular weight is 395 g/mol. The van der Waals surface area contributed by atoms with Crippen molar-refractivity contribution in [2.45, 2.75) is 19.6 Å². The quantitative estimate of drug-likeness (QED) is 0.655. The molecule has 0 bridgehead atoms. The Balaban J connectivity index is 2.31. The van der Waals surface area contributed by atoms with Crippen LogP contribution in [-0.4, -0.2) is 20.6 Å². The van der Waals surface area contributed by atoms with E-state index in [4.69, 9.17) is 11.6 Å². The molecule has 0 saturated carbocycles. The highest BCUT2D eigenvalue weighted by molar-refractivity contribution is 6.30. The van der Waals surface area contributed by atoms with E-state index in [1.807, 2.05) is 0 Å². The fraction of sp³-hybridized carbons (Fsp3) is 0.158. The Labute approximate surface area is 157 Å². The molecular formula is C19H14ClF3N2O2. The summed E-state index contributed by atoms with van der Waals surface area (Å²) in [6.07, 6.45) is -3.46. The molecule has 4 nitrogen and oxygen atoms in total. The molecule has 0 spiro atoms. The Bertz CT molecular complexity index is 981. The minimum absolute atomic E-state index is 0.0672. The Kier molecular flexibility index (Phi) is 4.97. The van der Waals surface area contributed by atoms with Crippen LogP contribution < -0.4 is 0 Å². The number of aromatic nitrogens is 2. The molecule has 2 aromatic heterocycles. The van der Waals surface area contributed by atoms with Crippen molar-refractivity contribution in [2.24, 2.45) is 0 Å². The van der Waals surface area contributed by atoms with Gasteiger partial charge in [0.25, 0.3) is 0 Å². The van der Waals surface area contributed by atoms with Crippen LogP contribution in [-0.2, 0) is 12.7 Å². The van der Waals surface area contributed by atoms with E-state index in [1.54, 1.807) is 30.3 Å². The summed E-state index contributed by atoms with van der Waals surface area (Å²) in [6.45, 7) is 1.02. The minimum Gasteiger partial charge on any atom is -0.477 e. The van der Waals surface area contributed by atoms with E-state index in [-0.39, 0.29) is 23.4 Å². The molecule has 0 saturated heterocycles. The molecule has 0 aliphatic carbocycles. The van der Waals surface area contributed by atoms with Gasteiger partial charge in [0.1, 0.15) is 11.4 Å². The maximum absolute atomic E-state index is 13.8. The van der Waals surface area contributed by atoms with E-state index in [9.17, 15) is 23.1 Å². The van der Waals surface area contributed by atoms with Crippen molar-refractivity contribution >= 4 is 17.6 Å². The van der Waals surface area contributed by atoms with Crippen LogP contribution in [0.2, 0.25) is 5.02 Å². The number of pyridine rings is 1. The smallest absolute Gasteiger partial charge is 0.431 e. The molecule has 0 aliphatic rings. The van der Waals surface area contributed by atoms with Gasteiger partial charge in [-0.15, -0.1) is 0 Å². The van der Waals surface area contributed by atoms with Crippen LogP contribution in [0.15, 0.2) is 48.7 Å². The highest BCUT2D eigenvalue weighted by Crippen LogP contribution is 2.40. The molecule has 2 heterocycles. The standard InChI is InChI=1S/C19H14ClF3N2O2/c1-11-15(14-8-7-13(20)9-24-14)16(18(26)27)25(17(11)19(21,22)23)10-12-5-3-2-4-6-12/h2-9H,10H2,1H3,(H,26,27). The number of carboxylic acids is 1. The third-order valence-corrected chi connectivity index (χ3v) is 4.37. The lowest BCUT2D eigenvalue weighted by Crippen LogP contribution is -2.19. The van der Waals surface area contributed by atoms with Crippen molar-refractivity contribution in [3.63, 3.8) is 0 Å². The fourth-order valence-electron chi connectivity index (χ4n) is 3.09. The molecular weight excluding hydrogens is 381 g/mol. The van der Waals surface area contributed by atoms with Gasteiger partial charge in [-0.25, -0.2) is 4.79 Å². The van der Waals surface area contributed by atoms with Gasteiger partial charge in [-0.05, 0) is 30.2 Å². The highest BCUT2D eigenvalue weighted by Gasteiger charge is 2.41. The van der Waals surface area contributed by atoms with Crippen LogP contribution in [0.3, 0.4) is 0 Å². The second kappa shape index (κ2) is 7.08. The van der Waals surface area contributed by atoms with Crippen LogP contribution in [0.1, 0.15) is 27.3 Å². The second-order valence-electron chi connectivity index (χ2n) is 5.93. The Morgan fingerprint density at radius 2 is 1.85 bits per heavy atom. The average Bonchev–Trinajstić information content (AvgIpc) is 2.89. The molecule has 3 aromatic rings. The molecule has 3 rings (SSSR count). The molecule has 1 N–H and O–H groups in total. The topological polar surface area (TPSA) is 55.1 Å². The number of alkyl halides is 3. The molecule has 0 atom stereocenters. The van der Waals surface area contributed by atoms with E-state index in [1.165, 1.54) is 25.3 Å². The summed E-state index contributed by atoms with van der Waals surface area (Å²) < 4.78 is 42.2. The summed E-state index contributed by atoms with van der Waals surface area (Å²) >= 11 is 5.79. The maximum Gasteiger partial charge on any atom is 0.431 e. The number of nitrogens with zero attached hydrogens (tertiary/aromatic N) is 2. The molecule has 1 aromatic carbocycles. The molecule has 0 unspecified atom stereocenters. The first kappa shape index (κ1) is 19.0. The number of benzene rings is 1. The lowest BCUT2D eigenvalue weighted by Gasteiger charge is -2.14. The van der Waals surface area contributed by atoms with Crippen LogP contribution >= 0.6 is 11.6 Å². The summed E-state index contributed by atoms with van der Waals surface area (Å²) in [5, 5.41) is 10.0. The largest absolute Gasteiger partial charge is 0.477 e. The minimum atomic E-state index is -4.73. The van der Waals surface area contributed by atoms with Crippen molar-refractivity contribution < 1.29 is 23.1 Å². The SMILES string of the molecule is Cc1c(-c2ccc(Cl)cn2)c(C(=O)O)n(Cc2ccccc2)c1C(F)(F)F. The zero-order chi connectivity index (χ0) is 19.8. The number of halogens is 4. The molecule has 0 amide bonds. The Morgan fingerprint density at radius 1 is 1.19 bits per heavy atom. The maximum atomic E-state index is 13.8. The van der Waals surface area contributed by atoms with E-state index in [2.05, 4.69) is 4.98 Å². The highest BCUT2D eigenvalue weighted by atomic mass is 35.5. The number of rotatable bonds is 4. The zero-order valence-corrected chi connectivity index (χ0v) is 14.8. The van der Waals surface area contributed by atoms with Crippen LogP contribution in [0.25, 0.3) is 11.3 Å². The van der Waals surface area contributed by atoms with Crippen LogP contribution in [0.4, 0.5) is 13.2 Å². The zero-order valence-electron chi connectivity index (χ0n) is 14.1. The summed E-state index contributed by atoms with van der Waals surface area (Å²) in [5.41, 5.74) is -1.05. The van der Waals surface area contributed by atoms with Gasteiger partial charge in [0.2, 0.25) is 0 Å². The van der Waals surface area contributed by atoms with E-state index >= 15 is 0 Å². The summed E-state index contributed by atoms with van der Waals surface area (Å²) in [5.74, 6) is -1.46. The van der Waals surface area contributed by atoms with Gasteiger partial charge >= 0.3 is 12.1 Å². The van der Waals surface area contributed by atoms with Gasteiger partial charge in [0.05, 0.1) is 10.7 Å². The molecule has 8 heteroatoms. The summed E-state index contributed by atoms with van der Waals surface area (Å²) in [7, 11) is 0. The van der Waals surface area contributed by atoms with Crippen molar-refractivity contribution in [2.75, 3.05) is 0 Å². The van der Waals surface area contributed by atoms with Crippen molar-refractivity contribution in [3.05, 3.63) is 76.2 Å². The van der Waals surface area contributed by atoms with Crippen LogP contribution in [0, 0.1) is 6.92 Å². The molecule has 0 radical (unpaired) electrons. The Hall–Kier alpha value is -2.80. The molecule has 0 fully saturated rings. The molecule has 27 heavy (non-hydrogen) atoms. The lowest BCUT2D eigenvalue weighted by molar-refractivity contribution is -0.143. The van der Waals surface area contributed by atoms with Gasteiger partial charge in [-0.2, -0.15) is 13.2 Å². The number of carbonyl (C=O) groups is 1. The third-order valence-electron chi connectivity index (χ3n) is 4.14. The van der Waals surface area contributed by atoms with Crippen molar-refractivity contribution in [3.8, 4) is 11.3 Å². The van der Waals surface area contributed by atoms with Crippen molar-refractivity contribution in [1.29, 1.82) is 0 Å². The number of carboxylic acid groups (broad SMARTS) is 1. The van der Waals surface area contributed by atoms with Crippen LogP contribution in [0.5, 0.6) is 0 Å². The fourth-order valence-corrected chi connectivity index (χ4v) is 3.21. The van der Waals surface area contributed by atoms with E-state index < -0.39 is 23.5 Å². The summed E-state index contributed by atoms with van der Waals surface area (Å²) in [4.78, 5) is 15.9. The van der Waals surface area contributed by atoms with Crippen molar-refractivity contribution in [1.82, 2.24) is 9.55 Å². The molecule has 0 aliphatic heterocycles. The van der Waals surface area contributed by atoms with Gasteiger partial charge in [-0.1, -0.05) is 41.9 Å². The Morgan fingerprint density at radius 3 is 2.37 bits per heavy atom. The first-order valence-corrected chi connectivity index (χ1v) is 8.27. The van der Waals surface area contributed by atoms with Gasteiger partial charge < -0.3 is 9.67 Å². The number of hydrogen-bond acceptors (Lipinski definition) is 2. The normalized spacial score (nSPS) is 11.6. The first-order chi connectivity index (χ1) is 12.7. The van der Waals surface area contributed by atoms with Gasteiger partial charge in [-0.3, -0.25) is 4.98 Å². The molecule has 140 valence electrons. The first-order valence-electron chi connectivity index (χ1n) is 7.89. The van der Waals surface area contributed by atoms with E-state index in [0.717, 1.165) is 4.57 Å². The van der Waals surface area contributed by atoms with Gasteiger partial charge in [0, 0.05) is 18.3 Å². The monoisotopic (exact) mass is 394 g/mol. The number of aromatic carboxylic acids is 1. The van der Waals surface area contributed by atoms with E-state index in [0.29, 0.717) is 10.6 Å². The summed E-state index contributed by atoms with van der Waals surface area (Å²) in [6, 6.07) is 11.2. The predicted octanol–water partition coefficient (Wildman–Crippen LogP) is 5.28.